The zero-order chi connectivity index (χ0) is 4.28. The first-order valence-electron chi connectivity index (χ1n) is 0.730. The summed E-state index contributed by atoms with van der Waals surface area (Å²) in [6.07, 6.45) is 0. The van der Waals surface area contributed by atoms with Crippen LogP contribution in [0.1, 0.15) is 0 Å². The Morgan fingerprint density at radius 3 is 2.20 bits per heavy atom. The molecule has 0 aromatic heterocycles. The van der Waals surface area contributed by atoms with Gasteiger partial charge in [0.05, 0.1) is 0 Å². The zero-order valence-corrected chi connectivity index (χ0v) is 5.60. The second-order valence-corrected chi connectivity index (χ2v) is 0.940. The van der Waals surface area contributed by atoms with Crippen molar-refractivity contribution < 1.29 is 8.00 Å². The summed E-state index contributed by atoms with van der Waals surface area (Å²) >= 11 is 0.340. The zero-order valence-electron chi connectivity index (χ0n) is 2.12. The van der Waals surface area contributed by atoms with Crippen molar-refractivity contribution >= 4 is 25.2 Å². The molecule has 5 heavy (non-hydrogen) atoms. The number of hydrogen-bond acceptors (Lipinski definition) is 3. The summed E-state index contributed by atoms with van der Waals surface area (Å²) in [5.41, 5.74) is 0. The molecule has 0 fully saturated rings. The molecule has 0 rings (SSSR count). The maximum absolute atomic E-state index is 8.98. The molecule has 0 aliphatic rings. The molecule has 0 aromatic carbocycles. The molecule has 0 unspecified atom stereocenters. The van der Waals surface area contributed by atoms with Crippen LogP contribution < -0.4 is 0 Å². The van der Waals surface area contributed by atoms with Gasteiger partial charge >= 0.3 is 43.3 Å². The molecule has 0 aliphatic carbocycles. The third kappa shape index (κ3) is 4.08. The summed E-state index contributed by atoms with van der Waals surface area (Å²) in [4.78, 5) is 8.98. The van der Waals surface area contributed by atoms with Gasteiger partial charge in [-0.2, -0.15) is 0 Å². The summed E-state index contributed by atoms with van der Waals surface area (Å²) in [6, 6.07) is 0. The van der Waals surface area contributed by atoms with E-state index in [1.54, 1.807) is 0 Å². The molecule has 0 aromatic rings. The summed E-state index contributed by atoms with van der Waals surface area (Å²) in [5, 5.41) is 8.15. The van der Waals surface area contributed by atoms with E-state index in [0.29, 0.717) is 25.2 Å². The van der Waals surface area contributed by atoms with E-state index in [4.69, 9.17) is 10.1 Å². The summed E-state index contributed by atoms with van der Waals surface area (Å²) in [6.45, 7) is 0. The van der Waals surface area contributed by atoms with Crippen molar-refractivity contribution in [3.63, 3.8) is 0 Å². The first-order valence-corrected chi connectivity index (χ1v) is 2.15. The number of nitrogens with zero attached hydrogens (tertiary/aromatic N) is 1. The third-order valence-corrected chi connectivity index (χ3v) is 0.585. The standard InChI is InChI=1S/Bi.NO3/c;2-1(3)4/q+1;-1. The Bertz CT molecular complexity index is 42.2. The Balaban J connectivity index is 2.85. The summed E-state index contributed by atoms with van der Waals surface area (Å²) < 4.78 is 3.58. The van der Waals surface area contributed by atoms with Crippen molar-refractivity contribution in [1.29, 1.82) is 0 Å². The molecule has 0 spiro atoms. The van der Waals surface area contributed by atoms with Gasteiger partial charge in [-0.15, -0.1) is 0 Å². The van der Waals surface area contributed by atoms with Crippen LogP contribution in [0.25, 0.3) is 0 Å². The van der Waals surface area contributed by atoms with E-state index in [-0.39, 0.29) is 0 Å². The fourth-order valence-corrected chi connectivity index (χ4v) is 0. The van der Waals surface area contributed by atoms with Gasteiger partial charge in [0.2, 0.25) is 0 Å². The van der Waals surface area contributed by atoms with Gasteiger partial charge < -0.3 is 0 Å². The van der Waals surface area contributed by atoms with E-state index < -0.39 is 5.09 Å². The van der Waals surface area contributed by atoms with E-state index in [1.807, 2.05) is 0 Å². The Kier molecular flexibility index (Phi) is 2.37. The Labute approximate surface area is 43.7 Å². The van der Waals surface area contributed by atoms with Crippen LogP contribution in [0.15, 0.2) is 0 Å². The van der Waals surface area contributed by atoms with E-state index >= 15 is 0 Å². The van der Waals surface area contributed by atoms with Gasteiger partial charge in [0.15, 0.2) is 0 Å². The van der Waals surface area contributed by atoms with Gasteiger partial charge in [-0.3, -0.25) is 0 Å². The van der Waals surface area contributed by atoms with Crippen LogP contribution in [0.3, 0.4) is 0 Å². The number of hydrogen-bond donors (Lipinski definition) is 0. The van der Waals surface area contributed by atoms with Gasteiger partial charge in [0, 0.05) is 0 Å². The fourth-order valence-electron chi connectivity index (χ4n) is 0. The normalized spacial score (nSPS) is 6.60. The maximum atomic E-state index is 8.98. The summed E-state index contributed by atoms with van der Waals surface area (Å²) in [5.74, 6) is 0. The molecular formula is BiNO3. The average Bonchev–Trinajstić information content (AvgIpc) is 1.38. The molecule has 0 bridgehead atoms. The molecule has 0 amide bonds. The minimum absolute atomic E-state index is 0.340. The van der Waals surface area contributed by atoms with Gasteiger partial charge in [-0.05, 0) is 0 Å². The van der Waals surface area contributed by atoms with E-state index in [0.717, 1.165) is 0 Å². The van der Waals surface area contributed by atoms with E-state index in [2.05, 4.69) is 2.91 Å². The SMILES string of the molecule is O=[N+]([O-])[O][Bi]. The van der Waals surface area contributed by atoms with Crippen LogP contribution in [-0.2, 0) is 2.91 Å². The predicted octanol–water partition coefficient (Wildman–Crippen LogP) is -0.722. The number of rotatable bonds is 1. The Morgan fingerprint density at radius 1 is 2.00 bits per heavy atom. The van der Waals surface area contributed by atoms with Crippen molar-refractivity contribution in [2.45, 2.75) is 0 Å². The van der Waals surface area contributed by atoms with E-state index in [9.17, 15) is 0 Å². The Hall–Kier alpha value is 0.0831. The van der Waals surface area contributed by atoms with Crippen LogP contribution in [0.2, 0.25) is 0 Å². The first kappa shape index (κ1) is 5.08. The molecule has 0 N–H and O–H groups in total. The van der Waals surface area contributed by atoms with E-state index in [1.165, 1.54) is 0 Å². The second kappa shape index (κ2) is 2.33. The molecule has 0 heterocycles. The van der Waals surface area contributed by atoms with Crippen LogP contribution in [0.4, 0.5) is 0 Å². The van der Waals surface area contributed by atoms with Crippen molar-refractivity contribution in [1.82, 2.24) is 0 Å². The van der Waals surface area contributed by atoms with Crippen molar-refractivity contribution in [3.8, 4) is 0 Å². The van der Waals surface area contributed by atoms with Crippen molar-refractivity contribution in [2.24, 2.45) is 0 Å². The molecule has 4 nitrogen and oxygen atoms in total. The van der Waals surface area contributed by atoms with Crippen LogP contribution >= 0.6 is 0 Å². The van der Waals surface area contributed by atoms with Gasteiger partial charge in [-0.25, -0.2) is 0 Å². The average molecular weight is 271 g/mol. The third-order valence-electron chi connectivity index (χ3n) is 0.0667. The topological polar surface area (TPSA) is 52.4 Å². The van der Waals surface area contributed by atoms with Crippen molar-refractivity contribution in [2.75, 3.05) is 0 Å². The molecule has 0 aliphatic heterocycles. The first-order chi connectivity index (χ1) is 2.27. The summed E-state index contributed by atoms with van der Waals surface area (Å²) in [7, 11) is 0. The van der Waals surface area contributed by atoms with Crippen molar-refractivity contribution in [3.05, 3.63) is 10.1 Å². The second-order valence-electron chi connectivity index (χ2n) is 0.305. The molecule has 0 atom stereocenters. The molecular weight excluding hydrogens is 271 g/mol. The minimum atomic E-state index is -0.826. The van der Waals surface area contributed by atoms with Gasteiger partial charge in [0.25, 0.3) is 0 Å². The van der Waals surface area contributed by atoms with Gasteiger partial charge in [-0.1, -0.05) is 0 Å². The fraction of sp³-hybridized carbons (Fsp3) is 0. The monoisotopic (exact) mass is 271 g/mol. The quantitative estimate of drug-likeness (QED) is 0.359. The molecule has 28 valence electrons. The molecule has 5 heteroatoms. The van der Waals surface area contributed by atoms with Crippen LogP contribution in [0, 0.1) is 10.1 Å². The van der Waals surface area contributed by atoms with Gasteiger partial charge in [0.1, 0.15) is 0 Å². The Morgan fingerprint density at radius 2 is 2.20 bits per heavy atom. The molecule has 2 radical (unpaired) electrons. The van der Waals surface area contributed by atoms with Crippen LogP contribution in [-0.4, -0.2) is 30.2 Å². The molecule has 0 saturated heterocycles. The molecule has 0 saturated carbocycles. The predicted molar refractivity (Wildman–Crippen MR) is 13.8 cm³/mol. The van der Waals surface area contributed by atoms with Crippen LogP contribution in [0.5, 0.6) is 0 Å².